The van der Waals surface area contributed by atoms with Crippen molar-refractivity contribution in [3.8, 4) is 0 Å². The highest BCUT2D eigenvalue weighted by molar-refractivity contribution is 5.94. The first-order chi connectivity index (χ1) is 12.8. The Hall–Kier alpha value is -2.80. The van der Waals surface area contributed by atoms with Crippen LogP contribution in [0.25, 0.3) is 0 Å². The number of primary amides is 1. The minimum absolute atomic E-state index is 0.0402. The summed E-state index contributed by atoms with van der Waals surface area (Å²) in [6.07, 6.45) is 4.58. The van der Waals surface area contributed by atoms with Crippen molar-refractivity contribution < 1.29 is 14.0 Å². The van der Waals surface area contributed by atoms with Crippen molar-refractivity contribution in [1.29, 1.82) is 0 Å². The highest BCUT2D eigenvalue weighted by Gasteiger charge is 2.12. The number of carbonyl (C=O) groups excluding carboxylic acids is 2. The second kappa shape index (κ2) is 11.0. The Morgan fingerprint density at radius 2 is 1.93 bits per heavy atom. The molecule has 27 heavy (non-hydrogen) atoms. The van der Waals surface area contributed by atoms with Crippen LogP contribution in [0.15, 0.2) is 41.3 Å². The molecule has 0 bridgehead atoms. The zero-order chi connectivity index (χ0) is 20.4. The summed E-state index contributed by atoms with van der Waals surface area (Å²) in [5.41, 5.74) is 4.99. The number of aromatic nitrogens is 1. The molecule has 1 amide bonds. The van der Waals surface area contributed by atoms with Crippen LogP contribution in [0.2, 0.25) is 0 Å². The van der Waals surface area contributed by atoms with E-state index in [0.717, 1.165) is 16.6 Å². The van der Waals surface area contributed by atoms with Gasteiger partial charge in [0.05, 0.1) is 17.7 Å². The lowest BCUT2D eigenvalue weighted by Crippen LogP contribution is -2.26. The Morgan fingerprint density at radius 1 is 1.33 bits per heavy atom. The van der Waals surface area contributed by atoms with Crippen molar-refractivity contribution in [3.05, 3.63) is 69.4 Å². The first-order valence-corrected chi connectivity index (χ1v) is 8.64. The lowest BCUT2D eigenvalue weighted by Gasteiger charge is -2.08. The summed E-state index contributed by atoms with van der Waals surface area (Å²) < 4.78 is 14.3. The van der Waals surface area contributed by atoms with E-state index in [1.165, 1.54) is 37.2 Å². The van der Waals surface area contributed by atoms with Gasteiger partial charge in [0, 0.05) is 6.20 Å². The van der Waals surface area contributed by atoms with Crippen molar-refractivity contribution in [2.75, 3.05) is 14.1 Å². The molecule has 7 heteroatoms. The number of nitrogens with zero attached hydrogens (tertiary/aromatic N) is 1. The molecule has 0 unspecified atom stereocenters. The van der Waals surface area contributed by atoms with Crippen LogP contribution >= 0.6 is 0 Å². The first-order valence-electron chi connectivity index (χ1n) is 8.64. The fourth-order valence-electron chi connectivity index (χ4n) is 1.99. The Labute approximate surface area is 158 Å². The number of nitrogens with one attached hydrogen (secondary N) is 1. The highest BCUT2D eigenvalue weighted by atomic mass is 19.1. The van der Waals surface area contributed by atoms with E-state index in [0.29, 0.717) is 11.8 Å². The lowest BCUT2D eigenvalue weighted by atomic mass is 10.1. The summed E-state index contributed by atoms with van der Waals surface area (Å²) in [4.78, 5) is 34.0. The quantitative estimate of drug-likeness (QED) is 0.801. The standard InChI is InChI=1S/C14H11FN2O3.C4H8.C2H7N/c15-12-3-1-2-9(4-12)6-17-7-10(13(16)19)5-11(8-18)14(17)20;1-4-2-3-4;1-3-2/h1-5,7-8H,6H2,(H2,16,19);4H,2-3H2,1H3;3H,1-2H3. The molecular weight excluding hydrogens is 349 g/mol. The molecule has 1 aromatic carbocycles. The van der Waals surface area contributed by atoms with Gasteiger partial charge in [-0.1, -0.05) is 31.9 Å². The molecule has 3 rings (SSSR count). The van der Waals surface area contributed by atoms with Crippen LogP contribution < -0.4 is 16.6 Å². The average Bonchev–Trinajstić information content (AvgIpc) is 3.40. The summed E-state index contributed by atoms with van der Waals surface area (Å²) >= 11 is 0. The van der Waals surface area contributed by atoms with Crippen LogP contribution in [0.1, 0.15) is 46.0 Å². The second-order valence-corrected chi connectivity index (χ2v) is 6.41. The Bertz CT molecular complexity index is 829. The second-order valence-electron chi connectivity index (χ2n) is 6.41. The van der Waals surface area contributed by atoms with Crippen molar-refractivity contribution in [1.82, 2.24) is 9.88 Å². The third-order valence-corrected chi connectivity index (χ3v) is 3.63. The van der Waals surface area contributed by atoms with E-state index in [4.69, 9.17) is 5.73 Å². The summed E-state index contributed by atoms with van der Waals surface area (Å²) in [7, 11) is 3.75. The summed E-state index contributed by atoms with van der Waals surface area (Å²) in [5.74, 6) is -0.0988. The molecule has 3 N–H and O–H groups in total. The number of carbonyl (C=O) groups is 2. The maximum absolute atomic E-state index is 13.1. The third kappa shape index (κ3) is 7.96. The fourth-order valence-corrected chi connectivity index (χ4v) is 1.99. The normalized spacial score (nSPS) is 12.1. The molecule has 6 nitrogen and oxygen atoms in total. The molecule has 0 spiro atoms. The first kappa shape index (κ1) is 22.2. The number of halogens is 1. The van der Waals surface area contributed by atoms with Crippen LogP contribution in [0, 0.1) is 11.7 Å². The number of nitrogens with two attached hydrogens (primary N) is 1. The van der Waals surface area contributed by atoms with Gasteiger partial charge in [-0.15, -0.1) is 0 Å². The average molecular weight is 375 g/mol. The number of benzene rings is 1. The number of hydrogen-bond acceptors (Lipinski definition) is 4. The van der Waals surface area contributed by atoms with Gasteiger partial charge < -0.3 is 15.6 Å². The van der Waals surface area contributed by atoms with Gasteiger partial charge in [0.25, 0.3) is 5.56 Å². The predicted octanol–water partition coefficient (Wildman–Crippen LogP) is 2.20. The summed E-state index contributed by atoms with van der Waals surface area (Å²) in [6.45, 7) is 2.32. The van der Waals surface area contributed by atoms with Gasteiger partial charge in [-0.05, 0) is 43.8 Å². The highest BCUT2D eigenvalue weighted by Crippen LogP contribution is 2.26. The largest absolute Gasteiger partial charge is 0.366 e. The molecule has 0 saturated heterocycles. The van der Waals surface area contributed by atoms with E-state index in [2.05, 4.69) is 12.2 Å². The van der Waals surface area contributed by atoms with E-state index in [1.807, 2.05) is 14.1 Å². The SMILES string of the molecule is CC1CC1.CNC.NC(=O)c1cc(C=O)c(=O)n(Cc2cccc(F)c2)c1. The van der Waals surface area contributed by atoms with E-state index < -0.39 is 17.3 Å². The van der Waals surface area contributed by atoms with Gasteiger partial charge in [0.1, 0.15) is 5.82 Å². The topological polar surface area (TPSA) is 94.2 Å². The zero-order valence-electron chi connectivity index (χ0n) is 15.9. The van der Waals surface area contributed by atoms with Crippen LogP contribution in [-0.4, -0.2) is 30.9 Å². The number of amides is 1. The number of pyridine rings is 1. The molecule has 1 fully saturated rings. The van der Waals surface area contributed by atoms with Crippen molar-refractivity contribution in [2.24, 2.45) is 11.7 Å². The molecule has 1 saturated carbocycles. The number of rotatable bonds is 4. The molecule has 146 valence electrons. The van der Waals surface area contributed by atoms with E-state index in [1.54, 1.807) is 6.07 Å². The van der Waals surface area contributed by atoms with Crippen molar-refractivity contribution in [2.45, 2.75) is 26.3 Å². The van der Waals surface area contributed by atoms with Gasteiger partial charge in [-0.3, -0.25) is 14.4 Å². The molecular formula is C20H26FN3O3. The minimum atomic E-state index is -0.749. The smallest absolute Gasteiger partial charge is 0.261 e. The van der Waals surface area contributed by atoms with E-state index in [-0.39, 0.29) is 17.7 Å². The Morgan fingerprint density at radius 3 is 2.37 bits per heavy atom. The van der Waals surface area contributed by atoms with Crippen molar-refractivity contribution in [3.63, 3.8) is 0 Å². The maximum atomic E-state index is 13.1. The van der Waals surface area contributed by atoms with Gasteiger partial charge >= 0.3 is 0 Å². The fraction of sp³-hybridized carbons (Fsp3) is 0.350. The number of hydrogen-bond donors (Lipinski definition) is 2. The van der Waals surface area contributed by atoms with Crippen LogP contribution in [0.4, 0.5) is 4.39 Å². The van der Waals surface area contributed by atoms with E-state index in [9.17, 15) is 18.8 Å². The molecule has 0 radical (unpaired) electrons. The summed E-state index contributed by atoms with van der Waals surface area (Å²) in [5, 5.41) is 2.75. The monoisotopic (exact) mass is 375 g/mol. The van der Waals surface area contributed by atoms with Gasteiger partial charge in [-0.2, -0.15) is 0 Å². The molecule has 1 aromatic heterocycles. The predicted molar refractivity (Wildman–Crippen MR) is 103 cm³/mol. The molecule has 1 heterocycles. The molecule has 0 atom stereocenters. The van der Waals surface area contributed by atoms with Gasteiger partial charge in [-0.25, -0.2) is 4.39 Å². The Balaban J connectivity index is 0.000000440. The van der Waals surface area contributed by atoms with Crippen LogP contribution in [0.5, 0.6) is 0 Å². The van der Waals surface area contributed by atoms with Crippen LogP contribution in [-0.2, 0) is 6.54 Å². The van der Waals surface area contributed by atoms with Gasteiger partial charge in [0.2, 0.25) is 5.91 Å². The van der Waals surface area contributed by atoms with Gasteiger partial charge in [0.15, 0.2) is 6.29 Å². The molecule has 1 aliphatic carbocycles. The van der Waals surface area contributed by atoms with E-state index >= 15 is 0 Å². The lowest BCUT2D eigenvalue weighted by molar-refractivity contribution is 0.0999. The summed E-state index contributed by atoms with van der Waals surface area (Å²) in [6, 6.07) is 6.83. The maximum Gasteiger partial charge on any atom is 0.261 e. The molecule has 1 aliphatic rings. The van der Waals surface area contributed by atoms with Crippen molar-refractivity contribution >= 4 is 12.2 Å². The molecule has 2 aromatic rings. The third-order valence-electron chi connectivity index (χ3n) is 3.63. The van der Waals surface area contributed by atoms with Crippen LogP contribution in [0.3, 0.4) is 0 Å². The molecule has 0 aliphatic heterocycles. The zero-order valence-corrected chi connectivity index (χ0v) is 15.9. The number of aldehydes is 1. The minimum Gasteiger partial charge on any atom is -0.366 e. The Kier molecular flexibility index (Phi) is 9.08.